The van der Waals surface area contributed by atoms with Crippen molar-refractivity contribution in [3.05, 3.63) is 51.9 Å². The Kier molecular flexibility index (Phi) is 5.96. The van der Waals surface area contributed by atoms with Gasteiger partial charge in [0.05, 0.1) is 4.92 Å². The van der Waals surface area contributed by atoms with E-state index in [1.807, 2.05) is 0 Å². The molecule has 0 unspecified atom stereocenters. The van der Waals surface area contributed by atoms with Crippen LogP contribution in [0.1, 0.15) is 6.92 Å². The van der Waals surface area contributed by atoms with E-state index in [0.717, 1.165) is 0 Å². The maximum Gasteiger partial charge on any atom is 0.269 e. The van der Waals surface area contributed by atoms with Crippen LogP contribution in [-0.4, -0.2) is 60.7 Å². The van der Waals surface area contributed by atoms with Crippen LogP contribution < -0.4 is 4.74 Å². The maximum absolute atomic E-state index is 12.6. The highest BCUT2D eigenvalue weighted by atomic mass is 32.2. The van der Waals surface area contributed by atoms with Gasteiger partial charge >= 0.3 is 0 Å². The number of carbonyl (C=O) groups is 1. The van der Waals surface area contributed by atoms with Crippen LogP contribution in [0.5, 0.6) is 5.75 Å². The number of ether oxygens (including phenoxy) is 1. The lowest BCUT2D eigenvalue weighted by Crippen LogP contribution is -2.53. The molecule has 1 fully saturated rings. The number of non-ortho nitro benzene ring substituents is 1. The summed E-state index contributed by atoms with van der Waals surface area (Å²) >= 11 is 1.17. The first kappa shape index (κ1) is 20.2. The van der Waals surface area contributed by atoms with Gasteiger partial charge in [0.15, 0.2) is 6.10 Å². The van der Waals surface area contributed by atoms with Crippen molar-refractivity contribution in [1.82, 2.24) is 9.21 Å². The molecule has 0 bridgehead atoms. The van der Waals surface area contributed by atoms with Crippen molar-refractivity contribution >= 4 is 33.0 Å². The van der Waals surface area contributed by atoms with Crippen LogP contribution in [0.2, 0.25) is 0 Å². The SMILES string of the molecule is C[C@@H](Oc1ccc([N+](=O)[O-])cc1)C(=O)N1CCN(S(=O)(=O)c2cccs2)CC1. The third-order valence-electron chi connectivity index (χ3n) is 4.35. The maximum atomic E-state index is 12.6. The summed E-state index contributed by atoms with van der Waals surface area (Å²) in [5.74, 6) is 0.0943. The van der Waals surface area contributed by atoms with Crippen LogP contribution in [0.3, 0.4) is 0 Å². The minimum Gasteiger partial charge on any atom is -0.481 e. The van der Waals surface area contributed by atoms with Crippen LogP contribution in [-0.2, 0) is 14.8 Å². The molecule has 9 nitrogen and oxygen atoms in total. The van der Waals surface area contributed by atoms with Gasteiger partial charge < -0.3 is 9.64 Å². The number of benzene rings is 1. The Morgan fingerprint density at radius 3 is 2.36 bits per heavy atom. The summed E-state index contributed by atoms with van der Waals surface area (Å²) in [6.07, 6.45) is -0.790. The molecule has 0 spiro atoms. The molecular weight excluding hydrogens is 406 g/mol. The summed E-state index contributed by atoms with van der Waals surface area (Å²) < 4.78 is 32.3. The molecule has 2 heterocycles. The zero-order valence-corrected chi connectivity index (χ0v) is 16.7. The molecule has 0 aliphatic carbocycles. The predicted molar refractivity (Wildman–Crippen MR) is 103 cm³/mol. The van der Waals surface area contributed by atoms with Crippen molar-refractivity contribution in [1.29, 1.82) is 0 Å². The number of nitro benzene ring substituents is 1. The molecule has 1 aliphatic heterocycles. The van der Waals surface area contributed by atoms with Crippen molar-refractivity contribution < 1.29 is 22.9 Å². The molecule has 0 N–H and O–H groups in total. The number of piperazine rings is 1. The number of carbonyl (C=O) groups excluding carboxylic acids is 1. The first-order chi connectivity index (χ1) is 13.3. The number of thiophene rings is 1. The number of hydrogen-bond acceptors (Lipinski definition) is 7. The van der Waals surface area contributed by atoms with E-state index < -0.39 is 21.1 Å². The molecule has 150 valence electrons. The number of hydrogen-bond donors (Lipinski definition) is 0. The largest absolute Gasteiger partial charge is 0.481 e. The minimum absolute atomic E-state index is 0.0607. The van der Waals surface area contributed by atoms with Crippen molar-refractivity contribution in [3.8, 4) is 5.75 Å². The molecule has 0 radical (unpaired) electrons. The highest BCUT2D eigenvalue weighted by molar-refractivity contribution is 7.91. The summed E-state index contributed by atoms with van der Waals surface area (Å²) in [6.45, 7) is 2.58. The lowest BCUT2D eigenvalue weighted by atomic mass is 10.2. The van der Waals surface area contributed by atoms with Gasteiger partial charge in [-0.15, -0.1) is 11.3 Å². The highest BCUT2D eigenvalue weighted by Crippen LogP contribution is 2.23. The molecule has 0 saturated carbocycles. The Morgan fingerprint density at radius 2 is 1.82 bits per heavy atom. The van der Waals surface area contributed by atoms with Crippen LogP contribution in [0.25, 0.3) is 0 Å². The summed E-state index contributed by atoms with van der Waals surface area (Å²) in [7, 11) is -3.52. The second-order valence-corrected chi connectivity index (χ2v) is 9.29. The van der Waals surface area contributed by atoms with Crippen LogP contribution in [0.4, 0.5) is 5.69 Å². The van der Waals surface area contributed by atoms with Crippen molar-refractivity contribution in [2.45, 2.75) is 17.2 Å². The van der Waals surface area contributed by atoms with Crippen molar-refractivity contribution in [3.63, 3.8) is 0 Å². The van der Waals surface area contributed by atoms with Crippen LogP contribution in [0.15, 0.2) is 46.0 Å². The second-order valence-electron chi connectivity index (χ2n) is 6.17. The zero-order valence-electron chi connectivity index (χ0n) is 15.1. The molecule has 2 aromatic rings. The number of nitro groups is 1. The predicted octanol–water partition coefficient (Wildman–Crippen LogP) is 1.96. The molecule has 1 amide bonds. The van der Waals surface area contributed by atoms with Crippen molar-refractivity contribution in [2.24, 2.45) is 0 Å². The number of nitrogens with zero attached hydrogens (tertiary/aromatic N) is 3. The Hall–Kier alpha value is -2.50. The van der Waals surface area contributed by atoms with Gasteiger partial charge in [0, 0.05) is 38.3 Å². The first-order valence-corrected chi connectivity index (χ1v) is 10.8. The molecule has 3 rings (SSSR count). The normalized spacial score (nSPS) is 16.5. The summed E-state index contributed by atoms with van der Waals surface area (Å²) in [4.78, 5) is 24.3. The fourth-order valence-electron chi connectivity index (χ4n) is 2.84. The van der Waals surface area contributed by atoms with Crippen LogP contribution in [0, 0.1) is 10.1 Å². The monoisotopic (exact) mass is 425 g/mol. The van der Waals surface area contributed by atoms with E-state index >= 15 is 0 Å². The topological polar surface area (TPSA) is 110 Å². The lowest BCUT2D eigenvalue weighted by molar-refractivity contribution is -0.384. The number of amides is 1. The average molecular weight is 425 g/mol. The molecule has 1 aromatic heterocycles. The van der Waals surface area contributed by atoms with Gasteiger partial charge in [0.2, 0.25) is 0 Å². The Morgan fingerprint density at radius 1 is 1.18 bits per heavy atom. The molecule has 1 aliphatic rings. The second kappa shape index (κ2) is 8.25. The van der Waals surface area contributed by atoms with E-state index in [-0.39, 0.29) is 37.8 Å². The van der Waals surface area contributed by atoms with E-state index in [9.17, 15) is 23.3 Å². The third kappa shape index (κ3) is 4.32. The molecule has 11 heteroatoms. The quantitative estimate of drug-likeness (QED) is 0.517. The molecule has 1 aromatic carbocycles. The first-order valence-electron chi connectivity index (χ1n) is 8.52. The zero-order chi connectivity index (χ0) is 20.3. The minimum atomic E-state index is -3.52. The van der Waals surface area contributed by atoms with E-state index in [0.29, 0.717) is 9.96 Å². The van der Waals surface area contributed by atoms with E-state index in [1.165, 1.54) is 39.9 Å². The summed E-state index contributed by atoms with van der Waals surface area (Å²) in [5, 5.41) is 12.4. The van der Waals surface area contributed by atoms with Gasteiger partial charge in [0.1, 0.15) is 9.96 Å². The molecular formula is C17H19N3O6S2. The lowest BCUT2D eigenvalue weighted by Gasteiger charge is -2.34. The summed E-state index contributed by atoms with van der Waals surface area (Å²) in [6, 6.07) is 8.74. The summed E-state index contributed by atoms with van der Waals surface area (Å²) in [5.41, 5.74) is -0.0607. The smallest absolute Gasteiger partial charge is 0.269 e. The van der Waals surface area contributed by atoms with Gasteiger partial charge in [-0.05, 0) is 30.5 Å². The highest BCUT2D eigenvalue weighted by Gasteiger charge is 2.32. The Bertz CT molecular complexity index is 936. The Labute approximate surface area is 166 Å². The van der Waals surface area contributed by atoms with E-state index in [1.54, 1.807) is 29.3 Å². The van der Waals surface area contributed by atoms with Crippen LogP contribution >= 0.6 is 11.3 Å². The molecule has 1 saturated heterocycles. The number of sulfonamides is 1. The van der Waals surface area contributed by atoms with Gasteiger partial charge in [-0.1, -0.05) is 6.07 Å². The van der Waals surface area contributed by atoms with Gasteiger partial charge in [-0.2, -0.15) is 4.31 Å². The van der Waals surface area contributed by atoms with Crippen molar-refractivity contribution in [2.75, 3.05) is 26.2 Å². The third-order valence-corrected chi connectivity index (χ3v) is 7.62. The van der Waals surface area contributed by atoms with Gasteiger partial charge in [0.25, 0.3) is 21.6 Å². The molecule has 28 heavy (non-hydrogen) atoms. The van der Waals surface area contributed by atoms with E-state index in [2.05, 4.69) is 0 Å². The van der Waals surface area contributed by atoms with E-state index in [4.69, 9.17) is 4.74 Å². The van der Waals surface area contributed by atoms with Gasteiger partial charge in [-0.25, -0.2) is 8.42 Å². The standard InChI is InChI=1S/C17H19N3O6S2/c1-13(26-15-6-4-14(5-7-15)20(22)23)17(21)18-8-10-19(11-9-18)28(24,25)16-3-2-12-27-16/h2-7,12-13H,8-11H2,1H3/t13-/m1/s1. The average Bonchev–Trinajstić information content (AvgIpc) is 3.23. The fraction of sp³-hybridized carbons (Fsp3) is 0.353. The Balaban J connectivity index is 1.56. The number of rotatable bonds is 6. The molecule has 1 atom stereocenters. The fourth-order valence-corrected chi connectivity index (χ4v) is 5.41. The van der Waals surface area contributed by atoms with Gasteiger partial charge in [-0.3, -0.25) is 14.9 Å².